The third kappa shape index (κ3) is 2.72. The lowest BCUT2D eigenvalue weighted by Crippen LogP contribution is -2.00. The molecule has 0 aliphatic heterocycles. The van der Waals surface area contributed by atoms with Crippen molar-refractivity contribution in [3.05, 3.63) is 59.4 Å². The molecule has 21 heavy (non-hydrogen) atoms. The van der Waals surface area contributed by atoms with Crippen LogP contribution >= 0.6 is 0 Å². The summed E-state index contributed by atoms with van der Waals surface area (Å²) in [6.45, 7) is 0. The average Bonchev–Trinajstić information content (AvgIpc) is 2.90. The molecule has 0 fully saturated rings. The van der Waals surface area contributed by atoms with Crippen molar-refractivity contribution in [1.29, 1.82) is 0 Å². The molecule has 0 amide bonds. The van der Waals surface area contributed by atoms with Crippen LogP contribution in [0.25, 0.3) is 11.0 Å². The fourth-order valence-electron chi connectivity index (χ4n) is 2.22. The van der Waals surface area contributed by atoms with Crippen LogP contribution in [0.3, 0.4) is 0 Å². The standard InChI is InChI=1S/C16H15N3O2/c1-21-16(20)11-4-7-13-14(9-11)19-15(18-13)8-10-2-5-12(17)6-3-10/h2-7,9H,8,17H2,1H3,(H,18,19). The molecule has 3 aromatic rings. The Morgan fingerprint density at radius 2 is 2.00 bits per heavy atom. The maximum atomic E-state index is 11.5. The van der Waals surface area contributed by atoms with Gasteiger partial charge in [0.05, 0.1) is 23.7 Å². The number of benzene rings is 2. The predicted octanol–water partition coefficient (Wildman–Crippen LogP) is 2.52. The Morgan fingerprint density at radius 3 is 2.71 bits per heavy atom. The number of rotatable bonds is 3. The molecule has 0 aliphatic carbocycles. The van der Waals surface area contributed by atoms with Gasteiger partial charge in [0.1, 0.15) is 5.82 Å². The number of esters is 1. The molecule has 5 nitrogen and oxygen atoms in total. The summed E-state index contributed by atoms with van der Waals surface area (Å²) >= 11 is 0. The van der Waals surface area contributed by atoms with Gasteiger partial charge in [-0.05, 0) is 35.9 Å². The number of carbonyl (C=O) groups excluding carboxylic acids is 1. The first-order chi connectivity index (χ1) is 10.2. The SMILES string of the molecule is COC(=O)c1ccc2nc(Cc3ccc(N)cc3)[nH]c2c1. The third-order valence-corrected chi connectivity index (χ3v) is 3.30. The Bertz CT molecular complexity index is 791. The van der Waals surface area contributed by atoms with Gasteiger partial charge in [0.25, 0.3) is 0 Å². The smallest absolute Gasteiger partial charge is 0.337 e. The Balaban J connectivity index is 1.90. The van der Waals surface area contributed by atoms with Gasteiger partial charge in [-0.2, -0.15) is 0 Å². The Kier molecular flexibility index (Phi) is 3.31. The molecule has 0 bridgehead atoms. The van der Waals surface area contributed by atoms with Gasteiger partial charge in [0.15, 0.2) is 0 Å². The van der Waals surface area contributed by atoms with E-state index in [-0.39, 0.29) is 5.97 Å². The number of fused-ring (bicyclic) bond motifs is 1. The number of anilines is 1. The van der Waals surface area contributed by atoms with E-state index >= 15 is 0 Å². The molecule has 0 saturated heterocycles. The van der Waals surface area contributed by atoms with Crippen LogP contribution in [0, 0.1) is 0 Å². The van der Waals surface area contributed by atoms with Crippen molar-refractivity contribution in [3.63, 3.8) is 0 Å². The van der Waals surface area contributed by atoms with Gasteiger partial charge in [0, 0.05) is 12.1 Å². The number of methoxy groups -OCH3 is 1. The quantitative estimate of drug-likeness (QED) is 0.571. The summed E-state index contributed by atoms with van der Waals surface area (Å²) in [7, 11) is 1.37. The molecule has 1 aromatic heterocycles. The summed E-state index contributed by atoms with van der Waals surface area (Å²) in [6, 6.07) is 13.0. The number of H-pyrrole nitrogens is 1. The van der Waals surface area contributed by atoms with Crippen LogP contribution in [-0.4, -0.2) is 23.0 Å². The molecule has 1 heterocycles. The molecule has 106 valence electrons. The van der Waals surface area contributed by atoms with Gasteiger partial charge in [0.2, 0.25) is 0 Å². The summed E-state index contributed by atoms with van der Waals surface area (Å²) < 4.78 is 4.71. The van der Waals surface area contributed by atoms with Gasteiger partial charge in [-0.3, -0.25) is 0 Å². The number of hydrogen-bond acceptors (Lipinski definition) is 4. The van der Waals surface area contributed by atoms with Crippen molar-refractivity contribution in [2.45, 2.75) is 6.42 Å². The second-order valence-electron chi connectivity index (χ2n) is 4.83. The van der Waals surface area contributed by atoms with Crippen LogP contribution in [0.15, 0.2) is 42.5 Å². The number of aromatic amines is 1. The minimum atomic E-state index is -0.355. The van der Waals surface area contributed by atoms with Crippen LogP contribution in [0.1, 0.15) is 21.7 Å². The van der Waals surface area contributed by atoms with Crippen molar-refractivity contribution in [2.24, 2.45) is 0 Å². The topological polar surface area (TPSA) is 81.0 Å². The average molecular weight is 281 g/mol. The maximum absolute atomic E-state index is 11.5. The summed E-state index contributed by atoms with van der Waals surface area (Å²) in [4.78, 5) is 19.3. The van der Waals surface area contributed by atoms with Gasteiger partial charge in [-0.1, -0.05) is 12.1 Å². The number of aromatic nitrogens is 2. The van der Waals surface area contributed by atoms with E-state index < -0.39 is 0 Å². The van der Waals surface area contributed by atoms with E-state index in [9.17, 15) is 4.79 Å². The first kappa shape index (κ1) is 13.2. The van der Waals surface area contributed by atoms with Crippen LogP contribution in [0.5, 0.6) is 0 Å². The van der Waals surface area contributed by atoms with E-state index in [1.807, 2.05) is 30.3 Å². The zero-order valence-electron chi connectivity index (χ0n) is 11.6. The third-order valence-electron chi connectivity index (χ3n) is 3.30. The van der Waals surface area contributed by atoms with Gasteiger partial charge < -0.3 is 15.5 Å². The number of nitrogens with zero attached hydrogens (tertiary/aromatic N) is 1. The van der Waals surface area contributed by atoms with E-state index in [0.29, 0.717) is 12.0 Å². The van der Waals surface area contributed by atoms with E-state index in [4.69, 9.17) is 10.5 Å². The van der Waals surface area contributed by atoms with Gasteiger partial charge >= 0.3 is 5.97 Å². The van der Waals surface area contributed by atoms with E-state index in [1.165, 1.54) is 7.11 Å². The second kappa shape index (κ2) is 5.28. The Hall–Kier alpha value is -2.82. The summed E-state index contributed by atoms with van der Waals surface area (Å²) in [5.74, 6) is 0.489. The first-order valence-corrected chi connectivity index (χ1v) is 6.57. The molecular formula is C16H15N3O2. The highest BCUT2D eigenvalue weighted by Crippen LogP contribution is 2.17. The monoisotopic (exact) mass is 281 g/mol. The van der Waals surface area contributed by atoms with Crippen molar-refractivity contribution in [2.75, 3.05) is 12.8 Å². The number of hydrogen-bond donors (Lipinski definition) is 2. The fraction of sp³-hybridized carbons (Fsp3) is 0.125. The summed E-state index contributed by atoms with van der Waals surface area (Å²) in [5.41, 5.74) is 9.69. The molecule has 0 aliphatic rings. The van der Waals surface area contributed by atoms with Gasteiger partial charge in [-0.15, -0.1) is 0 Å². The van der Waals surface area contributed by atoms with Crippen LogP contribution in [0.2, 0.25) is 0 Å². The number of nitrogens with one attached hydrogen (secondary N) is 1. The second-order valence-corrected chi connectivity index (χ2v) is 4.83. The fourth-order valence-corrected chi connectivity index (χ4v) is 2.22. The molecule has 0 unspecified atom stereocenters. The molecule has 3 rings (SSSR count). The number of nitrogen functional groups attached to an aromatic ring is 1. The molecule has 2 aromatic carbocycles. The minimum absolute atomic E-state index is 0.355. The zero-order valence-corrected chi connectivity index (χ0v) is 11.6. The molecule has 0 saturated carbocycles. The van der Waals surface area contributed by atoms with Gasteiger partial charge in [-0.25, -0.2) is 9.78 Å². The molecule has 5 heteroatoms. The molecule has 3 N–H and O–H groups in total. The molecule has 0 spiro atoms. The van der Waals surface area contributed by atoms with Crippen molar-refractivity contribution >= 4 is 22.7 Å². The summed E-state index contributed by atoms with van der Waals surface area (Å²) in [5, 5.41) is 0. The molecular weight excluding hydrogens is 266 g/mol. The van der Waals surface area contributed by atoms with E-state index in [2.05, 4.69) is 9.97 Å². The van der Waals surface area contributed by atoms with Crippen LogP contribution < -0.4 is 5.73 Å². The highest BCUT2D eigenvalue weighted by molar-refractivity contribution is 5.93. The molecule has 0 radical (unpaired) electrons. The number of nitrogens with two attached hydrogens (primary N) is 1. The predicted molar refractivity (Wildman–Crippen MR) is 81.1 cm³/mol. The van der Waals surface area contributed by atoms with Crippen LogP contribution in [-0.2, 0) is 11.2 Å². The van der Waals surface area contributed by atoms with Crippen molar-refractivity contribution in [1.82, 2.24) is 9.97 Å². The molecule has 0 atom stereocenters. The number of ether oxygens (including phenoxy) is 1. The minimum Gasteiger partial charge on any atom is -0.465 e. The highest BCUT2D eigenvalue weighted by Gasteiger charge is 2.09. The first-order valence-electron chi connectivity index (χ1n) is 6.57. The number of carbonyl (C=O) groups is 1. The van der Waals surface area contributed by atoms with Crippen molar-refractivity contribution in [3.8, 4) is 0 Å². The lowest BCUT2D eigenvalue weighted by atomic mass is 10.1. The Labute approximate surface area is 121 Å². The number of imidazole rings is 1. The maximum Gasteiger partial charge on any atom is 0.337 e. The zero-order chi connectivity index (χ0) is 14.8. The largest absolute Gasteiger partial charge is 0.465 e. The normalized spacial score (nSPS) is 10.7. The van der Waals surface area contributed by atoms with Crippen molar-refractivity contribution < 1.29 is 9.53 Å². The lowest BCUT2D eigenvalue weighted by Gasteiger charge is -1.98. The lowest BCUT2D eigenvalue weighted by molar-refractivity contribution is 0.0601. The van der Waals surface area contributed by atoms with E-state index in [0.717, 1.165) is 28.1 Å². The highest BCUT2D eigenvalue weighted by atomic mass is 16.5. The van der Waals surface area contributed by atoms with Crippen LogP contribution in [0.4, 0.5) is 5.69 Å². The summed E-state index contributed by atoms with van der Waals surface area (Å²) in [6.07, 6.45) is 0.683. The Morgan fingerprint density at radius 1 is 1.24 bits per heavy atom. The van der Waals surface area contributed by atoms with E-state index in [1.54, 1.807) is 12.1 Å².